The zero-order chi connectivity index (χ0) is 24.8. The lowest BCUT2D eigenvalue weighted by Gasteiger charge is -2.56. The van der Waals surface area contributed by atoms with Gasteiger partial charge >= 0.3 is 0 Å². The van der Waals surface area contributed by atoms with Gasteiger partial charge in [-0.2, -0.15) is 0 Å². The second kappa shape index (κ2) is 10.3. The van der Waals surface area contributed by atoms with E-state index < -0.39 is 0 Å². The summed E-state index contributed by atoms with van der Waals surface area (Å²) in [6.07, 6.45) is 11.8. The molecule has 2 heterocycles. The minimum atomic E-state index is 0.0504. The van der Waals surface area contributed by atoms with Crippen molar-refractivity contribution in [1.82, 2.24) is 4.90 Å². The number of rotatable bonds is 8. The molecular weight excluding hydrogens is 510 g/mol. The van der Waals surface area contributed by atoms with Crippen molar-refractivity contribution >= 4 is 51.9 Å². The molecule has 1 N–H and O–H groups in total. The van der Waals surface area contributed by atoms with Gasteiger partial charge in [0.25, 0.3) is 5.91 Å². The van der Waals surface area contributed by atoms with Gasteiger partial charge in [-0.05, 0) is 98.8 Å². The van der Waals surface area contributed by atoms with Crippen LogP contribution in [0.1, 0.15) is 62.7 Å². The summed E-state index contributed by atoms with van der Waals surface area (Å²) >= 11 is 13.4. The van der Waals surface area contributed by atoms with Gasteiger partial charge in [0.05, 0.1) is 4.91 Å². The smallest absolute Gasteiger partial charge is 0.266 e. The molecule has 4 saturated carbocycles. The Morgan fingerprint density at radius 3 is 2.53 bits per heavy atom. The van der Waals surface area contributed by atoms with E-state index in [-0.39, 0.29) is 18.6 Å². The summed E-state index contributed by atoms with van der Waals surface area (Å²) in [6.45, 7) is 0.207. The Morgan fingerprint density at radius 2 is 1.83 bits per heavy atom. The molecule has 5 aliphatic rings. The highest BCUT2D eigenvalue weighted by molar-refractivity contribution is 8.26. The van der Waals surface area contributed by atoms with E-state index in [0.29, 0.717) is 26.1 Å². The molecule has 0 radical (unpaired) electrons. The summed E-state index contributed by atoms with van der Waals surface area (Å²) in [5.41, 5.74) is 1.99. The predicted molar refractivity (Wildman–Crippen MR) is 150 cm³/mol. The summed E-state index contributed by atoms with van der Waals surface area (Å²) in [5, 5.41) is 9.81. The molecule has 4 aliphatic carbocycles. The fourth-order valence-electron chi connectivity index (χ4n) is 7.32. The Balaban J connectivity index is 1.28. The van der Waals surface area contributed by atoms with E-state index in [9.17, 15) is 4.79 Å². The van der Waals surface area contributed by atoms with Crippen LogP contribution in [0.5, 0.6) is 0 Å². The molecular formula is C29H32ClNO3S2. The van der Waals surface area contributed by atoms with Crippen LogP contribution in [0.4, 0.5) is 0 Å². The minimum Gasteiger partial charge on any atom is -0.456 e. The molecule has 5 fully saturated rings. The number of benzene rings is 1. The fraction of sp³-hybridized carbons (Fsp3) is 0.517. The number of hydrogen-bond acceptors (Lipinski definition) is 5. The number of aliphatic hydroxyl groups is 1. The van der Waals surface area contributed by atoms with Crippen molar-refractivity contribution in [3.63, 3.8) is 0 Å². The maximum Gasteiger partial charge on any atom is 0.266 e. The van der Waals surface area contributed by atoms with E-state index in [1.807, 2.05) is 35.2 Å². The molecule has 190 valence electrons. The molecule has 4 bridgehead atoms. The molecule has 4 nitrogen and oxygen atoms in total. The SMILES string of the molecule is O=C1C(=Cc2oc(-c3cccc(Cl)c3)cc2CCCCCO)SC(=S)N1C1C2CC3CC(C2)CC1C3. The molecule has 7 heteroatoms. The van der Waals surface area contributed by atoms with Crippen LogP contribution in [0, 0.1) is 23.7 Å². The van der Waals surface area contributed by atoms with Crippen molar-refractivity contribution < 1.29 is 14.3 Å². The van der Waals surface area contributed by atoms with Crippen LogP contribution >= 0.6 is 35.6 Å². The molecule has 1 amide bonds. The molecule has 1 aliphatic heterocycles. The van der Waals surface area contributed by atoms with Gasteiger partial charge in [-0.15, -0.1) is 0 Å². The number of thioether (sulfide) groups is 1. The standard InChI is InChI=1S/C29H32ClNO3S2/c30-23-7-4-6-19(14-23)24-15-20(5-2-1-3-8-32)25(34-24)16-26-28(33)31(29(35)36-26)27-21-10-17-9-18(12-21)13-22(27)11-17/h4,6-7,14-18,21-22,27,32H,1-3,5,8-13H2. The molecule has 0 atom stereocenters. The average Bonchev–Trinajstić information content (AvgIpc) is 3.37. The van der Waals surface area contributed by atoms with Crippen LogP contribution in [-0.4, -0.2) is 32.9 Å². The van der Waals surface area contributed by atoms with Crippen molar-refractivity contribution in [2.24, 2.45) is 23.7 Å². The normalized spacial score (nSPS) is 30.2. The third kappa shape index (κ3) is 4.70. The molecule has 36 heavy (non-hydrogen) atoms. The van der Waals surface area contributed by atoms with Gasteiger partial charge in [0.2, 0.25) is 0 Å². The number of carbonyl (C=O) groups is 1. The van der Waals surface area contributed by atoms with Crippen LogP contribution in [0.15, 0.2) is 39.7 Å². The maximum atomic E-state index is 13.7. The van der Waals surface area contributed by atoms with Crippen LogP contribution in [-0.2, 0) is 11.2 Å². The highest BCUT2D eigenvalue weighted by Crippen LogP contribution is 2.56. The monoisotopic (exact) mass is 541 g/mol. The summed E-state index contributed by atoms with van der Waals surface area (Å²) in [4.78, 5) is 16.4. The number of furan rings is 1. The molecule has 7 rings (SSSR count). The fourth-order valence-corrected chi connectivity index (χ4v) is 8.83. The first-order chi connectivity index (χ1) is 17.5. The summed E-state index contributed by atoms with van der Waals surface area (Å²) < 4.78 is 7.03. The number of unbranched alkanes of at least 4 members (excludes halogenated alkanes) is 2. The predicted octanol–water partition coefficient (Wildman–Crippen LogP) is 7.33. The van der Waals surface area contributed by atoms with Crippen molar-refractivity contribution in [3.05, 3.63) is 51.6 Å². The number of aryl methyl sites for hydroxylation is 1. The summed E-state index contributed by atoms with van der Waals surface area (Å²) in [6, 6.07) is 9.97. The summed E-state index contributed by atoms with van der Waals surface area (Å²) in [5.74, 6) is 4.44. The molecule has 1 aromatic carbocycles. The Kier molecular flexibility index (Phi) is 7.06. The van der Waals surface area contributed by atoms with Crippen LogP contribution in [0.2, 0.25) is 5.02 Å². The van der Waals surface area contributed by atoms with E-state index >= 15 is 0 Å². The van der Waals surface area contributed by atoms with Crippen molar-refractivity contribution in [2.75, 3.05) is 6.61 Å². The van der Waals surface area contributed by atoms with Gasteiger partial charge < -0.3 is 9.52 Å². The average molecular weight is 542 g/mol. The van der Waals surface area contributed by atoms with Gasteiger partial charge in [-0.3, -0.25) is 9.69 Å². The highest BCUT2D eigenvalue weighted by atomic mass is 35.5. The third-order valence-electron chi connectivity index (χ3n) is 8.62. The van der Waals surface area contributed by atoms with Gasteiger partial charge in [-0.25, -0.2) is 0 Å². The number of carbonyl (C=O) groups excluding carboxylic acids is 1. The molecule has 2 aromatic rings. The Morgan fingerprint density at radius 1 is 1.08 bits per heavy atom. The van der Waals surface area contributed by atoms with Gasteiger partial charge in [0, 0.05) is 29.3 Å². The molecule has 0 unspecified atom stereocenters. The third-order valence-corrected chi connectivity index (χ3v) is 10.2. The minimum absolute atomic E-state index is 0.0504. The Hall–Kier alpha value is -1.60. The van der Waals surface area contributed by atoms with E-state index in [1.54, 1.807) is 0 Å². The Bertz CT molecular complexity index is 1180. The number of nitrogens with zero attached hydrogens (tertiary/aromatic N) is 1. The quantitative estimate of drug-likeness (QED) is 0.215. The molecule has 1 saturated heterocycles. The first kappa shape index (κ1) is 24.7. The zero-order valence-corrected chi connectivity index (χ0v) is 22.7. The number of aliphatic hydroxyl groups excluding tert-OH is 1. The van der Waals surface area contributed by atoms with Crippen LogP contribution in [0.25, 0.3) is 17.4 Å². The van der Waals surface area contributed by atoms with Gasteiger partial charge in [-0.1, -0.05) is 54.1 Å². The summed E-state index contributed by atoms with van der Waals surface area (Å²) in [7, 11) is 0. The van der Waals surface area contributed by atoms with Crippen molar-refractivity contribution in [2.45, 2.75) is 63.8 Å². The van der Waals surface area contributed by atoms with E-state index in [1.165, 1.54) is 43.9 Å². The number of hydrogen-bond donors (Lipinski definition) is 1. The number of thiocarbonyl (C=S) groups is 1. The van der Waals surface area contributed by atoms with E-state index in [4.69, 9.17) is 33.3 Å². The van der Waals surface area contributed by atoms with Crippen LogP contribution < -0.4 is 0 Å². The second-order valence-corrected chi connectivity index (χ2v) is 13.1. The highest BCUT2D eigenvalue weighted by Gasteiger charge is 2.53. The zero-order valence-electron chi connectivity index (χ0n) is 20.3. The lowest BCUT2D eigenvalue weighted by molar-refractivity contribution is -0.130. The first-order valence-electron chi connectivity index (χ1n) is 13.3. The first-order valence-corrected chi connectivity index (χ1v) is 14.9. The molecule has 1 aromatic heterocycles. The van der Waals surface area contributed by atoms with E-state index in [2.05, 4.69) is 6.07 Å². The topological polar surface area (TPSA) is 53.7 Å². The number of halogens is 1. The second-order valence-electron chi connectivity index (χ2n) is 11.0. The van der Waals surface area contributed by atoms with Crippen molar-refractivity contribution in [3.8, 4) is 11.3 Å². The van der Waals surface area contributed by atoms with E-state index in [0.717, 1.165) is 60.2 Å². The Labute approximate surface area is 227 Å². The van der Waals surface area contributed by atoms with Gasteiger partial charge in [0.1, 0.15) is 15.8 Å². The largest absolute Gasteiger partial charge is 0.456 e. The number of amides is 1. The van der Waals surface area contributed by atoms with Crippen LogP contribution in [0.3, 0.4) is 0 Å². The van der Waals surface area contributed by atoms with Crippen molar-refractivity contribution in [1.29, 1.82) is 0 Å². The molecule has 0 spiro atoms. The lowest BCUT2D eigenvalue weighted by atomic mass is 9.54. The van der Waals surface area contributed by atoms with Gasteiger partial charge in [0.15, 0.2) is 0 Å². The lowest BCUT2D eigenvalue weighted by Crippen LogP contribution is -2.57. The maximum absolute atomic E-state index is 13.7.